The summed E-state index contributed by atoms with van der Waals surface area (Å²) in [6, 6.07) is 5.43. The molecule has 5 nitrogen and oxygen atoms in total. The van der Waals surface area contributed by atoms with Crippen molar-refractivity contribution < 1.29 is 19.1 Å². The largest absolute Gasteiger partial charge is 0.469 e. The molecule has 0 atom stereocenters. The minimum atomic E-state index is -0.336. The number of aryl methyl sites for hydroxylation is 1. The van der Waals surface area contributed by atoms with Crippen LogP contribution in [0.3, 0.4) is 0 Å². The summed E-state index contributed by atoms with van der Waals surface area (Å²) in [5, 5.41) is 0. The van der Waals surface area contributed by atoms with E-state index in [1.807, 2.05) is 19.1 Å². The number of amides is 1. The third-order valence-electron chi connectivity index (χ3n) is 3.07. The highest BCUT2D eigenvalue weighted by Gasteiger charge is 2.17. The lowest BCUT2D eigenvalue weighted by molar-refractivity contribution is -0.140. The van der Waals surface area contributed by atoms with E-state index >= 15 is 0 Å². The molecule has 0 aliphatic heterocycles. The van der Waals surface area contributed by atoms with Crippen molar-refractivity contribution in [1.29, 1.82) is 0 Å². The van der Waals surface area contributed by atoms with E-state index in [4.69, 9.17) is 4.74 Å². The molecule has 0 heterocycles. The molecule has 21 heavy (non-hydrogen) atoms. The van der Waals surface area contributed by atoms with Gasteiger partial charge in [-0.15, -0.1) is 0 Å². The zero-order valence-electron chi connectivity index (χ0n) is 12.5. The van der Waals surface area contributed by atoms with Crippen molar-refractivity contribution in [2.75, 3.05) is 33.9 Å². The molecule has 0 spiro atoms. The molecule has 116 valence electrons. The van der Waals surface area contributed by atoms with Crippen molar-refractivity contribution in [3.63, 3.8) is 0 Å². The van der Waals surface area contributed by atoms with E-state index in [0.717, 1.165) is 10.0 Å². The number of methoxy groups -OCH3 is 2. The highest BCUT2D eigenvalue weighted by atomic mass is 79.9. The van der Waals surface area contributed by atoms with Gasteiger partial charge in [0.1, 0.15) is 0 Å². The molecule has 1 aromatic carbocycles. The van der Waals surface area contributed by atoms with Crippen LogP contribution in [-0.2, 0) is 14.3 Å². The first-order valence-corrected chi connectivity index (χ1v) is 7.40. The molecule has 0 saturated carbocycles. The first kappa shape index (κ1) is 17.7. The Kier molecular flexibility index (Phi) is 7.39. The summed E-state index contributed by atoms with van der Waals surface area (Å²) in [7, 11) is 2.91. The predicted molar refractivity (Wildman–Crippen MR) is 83.3 cm³/mol. The van der Waals surface area contributed by atoms with Crippen LogP contribution < -0.4 is 0 Å². The van der Waals surface area contributed by atoms with Gasteiger partial charge in [-0.05, 0) is 30.7 Å². The molecule has 1 amide bonds. The summed E-state index contributed by atoms with van der Waals surface area (Å²) in [5.41, 5.74) is 1.58. The van der Waals surface area contributed by atoms with Gasteiger partial charge >= 0.3 is 5.97 Å². The van der Waals surface area contributed by atoms with Gasteiger partial charge in [-0.3, -0.25) is 9.59 Å². The Morgan fingerprint density at radius 2 is 1.95 bits per heavy atom. The molecule has 0 saturated heterocycles. The van der Waals surface area contributed by atoms with Gasteiger partial charge in [0.15, 0.2) is 0 Å². The second-order valence-electron chi connectivity index (χ2n) is 4.58. The number of nitrogens with zero attached hydrogens (tertiary/aromatic N) is 1. The van der Waals surface area contributed by atoms with Crippen LogP contribution in [-0.4, -0.2) is 50.7 Å². The quantitative estimate of drug-likeness (QED) is 0.703. The fourth-order valence-corrected chi connectivity index (χ4v) is 2.05. The highest BCUT2D eigenvalue weighted by Crippen LogP contribution is 2.18. The van der Waals surface area contributed by atoms with Crippen molar-refractivity contribution in [3.8, 4) is 0 Å². The third kappa shape index (κ3) is 5.47. The number of ether oxygens (including phenoxy) is 2. The van der Waals surface area contributed by atoms with Crippen molar-refractivity contribution in [2.24, 2.45) is 0 Å². The van der Waals surface area contributed by atoms with E-state index in [9.17, 15) is 9.59 Å². The first-order chi connectivity index (χ1) is 9.99. The lowest BCUT2D eigenvalue weighted by atomic mass is 10.1. The number of hydrogen-bond acceptors (Lipinski definition) is 4. The van der Waals surface area contributed by atoms with E-state index in [0.29, 0.717) is 25.3 Å². The topological polar surface area (TPSA) is 55.8 Å². The van der Waals surface area contributed by atoms with Crippen LogP contribution in [0.4, 0.5) is 0 Å². The van der Waals surface area contributed by atoms with Gasteiger partial charge in [-0.25, -0.2) is 0 Å². The van der Waals surface area contributed by atoms with Crippen LogP contribution in [0.15, 0.2) is 22.7 Å². The van der Waals surface area contributed by atoms with Crippen molar-refractivity contribution in [2.45, 2.75) is 13.3 Å². The lowest BCUT2D eigenvalue weighted by Crippen LogP contribution is -2.35. The first-order valence-electron chi connectivity index (χ1n) is 6.60. The van der Waals surface area contributed by atoms with Crippen LogP contribution in [0.1, 0.15) is 22.3 Å². The number of carbonyl (C=O) groups is 2. The number of esters is 1. The van der Waals surface area contributed by atoms with E-state index < -0.39 is 0 Å². The number of halogens is 1. The maximum atomic E-state index is 12.5. The maximum Gasteiger partial charge on any atom is 0.307 e. The predicted octanol–water partition coefficient (Wildman–Crippen LogP) is 2.41. The number of carbonyl (C=O) groups excluding carboxylic acids is 2. The lowest BCUT2D eigenvalue weighted by Gasteiger charge is -2.22. The van der Waals surface area contributed by atoms with E-state index in [1.165, 1.54) is 7.11 Å². The van der Waals surface area contributed by atoms with E-state index in [2.05, 4.69) is 20.7 Å². The minimum absolute atomic E-state index is 0.119. The molecule has 0 bridgehead atoms. The standard InChI is InChI=1S/C15H20BrNO4/c1-11-10-12(4-5-13(11)16)15(19)17(8-9-20-2)7-6-14(18)21-3/h4-5,10H,6-9H2,1-3H3. The fraction of sp³-hybridized carbons (Fsp3) is 0.467. The molecule has 1 aromatic rings. The summed E-state index contributed by atoms with van der Waals surface area (Å²) < 4.78 is 10.6. The van der Waals surface area contributed by atoms with Gasteiger partial charge in [0, 0.05) is 30.2 Å². The number of benzene rings is 1. The van der Waals surface area contributed by atoms with Gasteiger partial charge < -0.3 is 14.4 Å². The molecule has 0 aromatic heterocycles. The van der Waals surface area contributed by atoms with Gasteiger partial charge in [0.25, 0.3) is 5.91 Å². The molecule has 0 unspecified atom stereocenters. The van der Waals surface area contributed by atoms with Gasteiger partial charge in [-0.1, -0.05) is 15.9 Å². The second kappa shape index (κ2) is 8.79. The SMILES string of the molecule is COCCN(CCC(=O)OC)C(=O)c1ccc(Br)c(C)c1. The Morgan fingerprint density at radius 3 is 2.52 bits per heavy atom. The third-order valence-corrected chi connectivity index (χ3v) is 3.96. The summed E-state index contributed by atoms with van der Waals surface area (Å²) in [5.74, 6) is -0.455. The van der Waals surface area contributed by atoms with Crippen molar-refractivity contribution >= 4 is 27.8 Å². The van der Waals surface area contributed by atoms with E-state index in [-0.39, 0.29) is 18.3 Å². The molecule has 6 heteroatoms. The van der Waals surface area contributed by atoms with Gasteiger partial charge in [-0.2, -0.15) is 0 Å². The average molecular weight is 358 g/mol. The van der Waals surface area contributed by atoms with Crippen LogP contribution >= 0.6 is 15.9 Å². The van der Waals surface area contributed by atoms with Gasteiger partial charge in [0.2, 0.25) is 0 Å². The Morgan fingerprint density at radius 1 is 1.24 bits per heavy atom. The molecular weight excluding hydrogens is 338 g/mol. The van der Waals surface area contributed by atoms with Crippen LogP contribution in [0.2, 0.25) is 0 Å². The Labute approximate surface area is 133 Å². The van der Waals surface area contributed by atoms with E-state index in [1.54, 1.807) is 18.1 Å². The smallest absolute Gasteiger partial charge is 0.307 e. The number of rotatable bonds is 7. The normalized spacial score (nSPS) is 10.3. The molecule has 0 fully saturated rings. The summed E-state index contributed by atoms with van der Waals surface area (Å²) in [4.78, 5) is 25.4. The maximum absolute atomic E-state index is 12.5. The Hall–Kier alpha value is -1.40. The minimum Gasteiger partial charge on any atom is -0.469 e. The highest BCUT2D eigenvalue weighted by molar-refractivity contribution is 9.10. The zero-order chi connectivity index (χ0) is 15.8. The van der Waals surface area contributed by atoms with Crippen molar-refractivity contribution in [3.05, 3.63) is 33.8 Å². The Bertz CT molecular complexity index is 504. The summed E-state index contributed by atoms with van der Waals surface area (Å²) in [6.45, 7) is 3.09. The summed E-state index contributed by atoms with van der Waals surface area (Å²) in [6.07, 6.45) is 0.168. The second-order valence-corrected chi connectivity index (χ2v) is 5.43. The molecular formula is C15H20BrNO4. The number of hydrogen-bond donors (Lipinski definition) is 0. The molecule has 0 radical (unpaired) electrons. The van der Waals surface area contributed by atoms with Crippen LogP contribution in [0.25, 0.3) is 0 Å². The zero-order valence-corrected chi connectivity index (χ0v) is 14.1. The fourth-order valence-electron chi connectivity index (χ4n) is 1.80. The van der Waals surface area contributed by atoms with Crippen molar-refractivity contribution in [1.82, 2.24) is 4.90 Å². The summed E-state index contributed by atoms with van der Waals surface area (Å²) >= 11 is 3.41. The van der Waals surface area contributed by atoms with Crippen LogP contribution in [0.5, 0.6) is 0 Å². The Balaban J connectivity index is 2.82. The monoisotopic (exact) mass is 357 g/mol. The average Bonchev–Trinajstić information content (AvgIpc) is 2.49. The molecule has 0 aliphatic rings. The van der Waals surface area contributed by atoms with Gasteiger partial charge in [0.05, 0.1) is 20.1 Å². The van der Waals surface area contributed by atoms with Crippen LogP contribution in [0, 0.1) is 6.92 Å². The molecule has 1 rings (SSSR count). The molecule has 0 N–H and O–H groups in total. The molecule has 0 aliphatic carbocycles.